The molecule has 2 aliphatic rings. The summed E-state index contributed by atoms with van der Waals surface area (Å²) in [5.74, 6) is 1.73. The second kappa shape index (κ2) is 8.22. The van der Waals surface area contributed by atoms with Crippen LogP contribution in [0.4, 0.5) is 4.39 Å². The number of halogens is 1. The molecule has 168 valence electrons. The van der Waals surface area contributed by atoms with Gasteiger partial charge in [0.15, 0.2) is 0 Å². The molecule has 2 aromatic carbocycles. The fraction of sp³-hybridized carbons (Fsp3) is 0.280. The summed E-state index contributed by atoms with van der Waals surface area (Å²) >= 11 is 0. The molecule has 2 fully saturated rings. The number of H-pyrrole nitrogens is 1. The SMILES string of the molecule is COc1cncc(C2CC3C(CN2)NNC3c2nc3c(-c4cccc(F)c4)cccc3[nH]2)c1. The van der Waals surface area contributed by atoms with Crippen LogP contribution in [0.15, 0.2) is 60.9 Å². The molecule has 0 radical (unpaired) electrons. The van der Waals surface area contributed by atoms with E-state index < -0.39 is 0 Å². The van der Waals surface area contributed by atoms with Crippen LogP contribution in [0.5, 0.6) is 5.75 Å². The van der Waals surface area contributed by atoms with Crippen LogP contribution in [0.2, 0.25) is 0 Å². The van der Waals surface area contributed by atoms with Crippen molar-refractivity contribution in [2.75, 3.05) is 13.7 Å². The van der Waals surface area contributed by atoms with Crippen molar-refractivity contribution < 1.29 is 9.13 Å². The number of piperidine rings is 1. The maximum atomic E-state index is 13.8. The lowest BCUT2D eigenvalue weighted by Gasteiger charge is -2.34. The quantitative estimate of drug-likeness (QED) is 0.385. The third-order valence-corrected chi connectivity index (χ3v) is 6.79. The van der Waals surface area contributed by atoms with Gasteiger partial charge in [0.1, 0.15) is 17.4 Å². The van der Waals surface area contributed by atoms with Crippen molar-refractivity contribution in [3.8, 4) is 16.9 Å². The molecule has 6 rings (SSSR count). The Morgan fingerprint density at radius 3 is 2.85 bits per heavy atom. The first-order valence-corrected chi connectivity index (χ1v) is 11.2. The highest BCUT2D eigenvalue weighted by Crippen LogP contribution is 2.39. The predicted octanol–water partition coefficient (Wildman–Crippen LogP) is 3.64. The van der Waals surface area contributed by atoms with E-state index >= 15 is 0 Å². The van der Waals surface area contributed by atoms with Gasteiger partial charge in [-0.1, -0.05) is 24.3 Å². The van der Waals surface area contributed by atoms with Gasteiger partial charge < -0.3 is 15.0 Å². The second-order valence-electron chi connectivity index (χ2n) is 8.73. The Morgan fingerprint density at radius 2 is 1.97 bits per heavy atom. The van der Waals surface area contributed by atoms with Gasteiger partial charge in [0.2, 0.25) is 0 Å². The molecule has 2 saturated heterocycles. The first-order chi connectivity index (χ1) is 16.2. The number of nitrogens with one attached hydrogen (secondary N) is 4. The van der Waals surface area contributed by atoms with Crippen molar-refractivity contribution in [2.24, 2.45) is 5.92 Å². The standard InChI is InChI=1S/C25H25FN6O/c1-33-17-9-15(11-27-12-17)21-10-19-22(13-28-21)31-32-24(19)25-29-20-7-3-6-18(23(20)30-25)14-4-2-5-16(26)8-14/h2-9,11-12,19,21-22,24,28,31-32H,10,13H2,1H3,(H,29,30). The van der Waals surface area contributed by atoms with Crippen molar-refractivity contribution >= 4 is 11.0 Å². The number of ether oxygens (including phenoxy) is 1. The summed E-state index contributed by atoms with van der Waals surface area (Å²) < 4.78 is 19.2. The summed E-state index contributed by atoms with van der Waals surface area (Å²) in [7, 11) is 1.66. The topological polar surface area (TPSA) is 86.9 Å². The largest absolute Gasteiger partial charge is 0.495 e. The summed E-state index contributed by atoms with van der Waals surface area (Å²) in [6.07, 6.45) is 4.55. The number of nitrogens with zero attached hydrogens (tertiary/aromatic N) is 2. The second-order valence-corrected chi connectivity index (χ2v) is 8.73. The molecular weight excluding hydrogens is 419 g/mol. The molecule has 0 aliphatic carbocycles. The Balaban J connectivity index is 1.32. The lowest BCUT2D eigenvalue weighted by molar-refractivity contribution is 0.263. The number of aromatic nitrogens is 3. The Kier molecular flexibility index (Phi) is 5.05. The van der Waals surface area contributed by atoms with Crippen molar-refractivity contribution in [3.05, 3.63) is 78.1 Å². The molecule has 4 heterocycles. The Bertz CT molecular complexity index is 1310. The van der Waals surface area contributed by atoms with Crippen LogP contribution in [-0.2, 0) is 0 Å². The van der Waals surface area contributed by atoms with Crippen molar-refractivity contribution in [2.45, 2.75) is 24.5 Å². The Labute approximate surface area is 190 Å². The molecular formula is C25H25FN6O. The molecule has 4 aromatic rings. The Hall–Kier alpha value is -3.33. The van der Waals surface area contributed by atoms with Gasteiger partial charge in [0.05, 0.1) is 30.4 Å². The fourth-order valence-electron chi connectivity index (χ4n) is 5.12. The number of pyridine rings is 1. The summed E-state index contributed by atoms with van der Waals surface area (Å²) in [4.78, 5) is 12.8. The predicted molar refractivity (Wildman–Crippen MR) is 124 cm³/mol. The summed E-state index contributed by atoms with van der Waals surface area (Å²) in [6.45, 7) is 0.838. The number of hydrogen-bond donors (Lipinski definition) is 4. The van der Waals surface area contributed by atoms with Gasteiger partial charge in [-0.25, -0.2) is 14.8 Å². The van der Waals surface area contributed by atoms with Gasteiger partial charge >= 0.3 is 0 Å². The highest BCUT2D eigenvalue weighted by atomic mass is 19.1. The van der Waals surface area contributed by atoms with Gasteiger partial charge in [-0.3, -0.25) is 10.4 Å². The fourth-order valence-corrected chi connectivity index (χ4v) is 5.12. The third-order valence-electron chi connectivity index (χ3n) is 6.79. The number of hydrazine groups is 1. The lowest BCUT2D eigenvalue weighted by Crippen LogP contribution is -2.46. The molecule has 2 aliphatic heterocycles. The van der Waals surface area contributed by atoms with Crippen LogP contribution in [0.25, 0.3) is 22.2 Å². The molecule has 0 amide bonds. The smallest absolute Gasteiger partial charge is 0.137 e. The van der Waals surface area contributed by atoms with Crippen LogP contribution in [-0.4, -0.2) is 34.6 Å². The number of aromatic amines is 1. The number of rotatable bonds is 4. The molecule has 0 spiro atoms. The van der Waals surface area contributed by atoms with Gasteiger partial charge in [0.25, 0.3) is 0 Å². The highest BCUT2D eigenvalue weighted by molar-refractivity contribution is 5.92. The molecule has 0 saturated carbocycles. The average molecular weight is 445 g/mol. The minimum atomic E-state index is -0.252. The van der Waals surface area contributed by atoms with E-state index in [9.17, 15) is 4.39 Å². The molecule has 4 atom stereocenters. The van der Waals surface area contributed by atoms with Gasteiger partial charge in [-0.15, -0.1) is 0 Å². The molecule has 4 unspecified atom stereocenters. The maximum Gasteiger partial charge on any atom is 0.137 e. The minimum Gasteiger partial charge on any atom is -0.495 e. The number of hydrogen-bond acceptors (Lipinski definition) is 6. The monoisotopic (exact) mass is 444 g/mol. The van der Waals surface area contributed by atoms with E-state index in [1.165, 1.54) is 6.07 Å². The summed E-state index contributed by atoms with van der Waals surface area (Å²) in [6, 6.07) is 15.2. The zero-order valence-corrected chi connectivity index (χ0v) is 18.2. The van der Waals surface area contributed by atoms with Gasteiger partial charge in [0, 0.05) is 36.3 Å². The first kappa shape index (κ1) is 20.3. The summed E-state index contributed by atoms with van der Waals surface area (Å²) in [5.41, 5.74) is 11.6. The highest BCUT2D eigenvalue weighted by Gasteiger charge is 2.42. The lowest BCUT2D eigenvalue weighted by atomic mass is 9.82. The molecule has 7 nitrogen and oxygen atoms in total. The van der Waals surface area contributed by atoms with Crippen molar-refractivity contribution in [1.82, 2.24) is 31.1 Å². The van der Waals surface area contributed by atoms with Crippen LogP contribution in [0, 0.1) is 11.7 Å². The van der Waals surface area contributed by atoms with E-state index in [1.54, 1.807) is 25.4 Å². The molecule has 4 N–H and O–H groups in total. The molecule has 8 heteroatoms. The molecule has 0 bridgehead atoms. The maximum absolute atomic E-state index is 13.8. The van der Waals surface area contributed by atoms with Crippen LogP contribution >= 0.6 is 0 Å². The van der Waals surface area contributed by atoms with E-state index in [1.807, 2.05) is 36.5 Å². The Morgan fingerprint density at radius 1 is 1.06 bits per heavy atom. The number of fused-ring (bicyclic) bond motifs is 2. The number of para-hydroxylation sites is 1. The summed E-state index contributed by atoms with van der Waals surface area (Å²) in [5, 5.41) is 3.63. The molecule has 33 heavy (non-hydrogen) atoms. The number of imidazole rings is 1. The van der Waals surface area contributed by atoms with Crippen LogP contribution < -0.4 is 20.9 Å². The molecule has 2 aromatic heterocycles. The van der Waals surface area contributed by atoms with Crippen molar-refractivity contribution in [1.29, 1.82) is 0 Å². The van der Waals surface area contributed by atoms with E-state index in [4.69, 9.17) is 9.72 Å². The zero-order valence-electron chi connectivity index (χ0n) is 18.2. The number of methoxy groups -OCH3 is 1. The average Bonchev–Trinajstić information content (AvgIpc) is 3.47. The van der Waals surface area contributed by atoms with Crippen LogP contribution in [0.3, 0.4) is 0 Å². The van der Waals surface area contributed by atoms with E-state index in [-0.39, 0.29) is 17.9 Å². The zero-order chi connectivity index (χ0) is 22.4. The van der Waals surface area contributed by atoms with Crippen molar-refractivity contribution in [3.63, 3.8) is 0 Å². The van der Waals surface area contributed by atoms with Gasteiger partial charge in [-0.05, 0) is 41.8 Å². The van der Waals surface area contributed by atoms with E-state index in [2.05, 4.69) is 26.1 Å². The number of benzene rings is 2. The normalized spacial score (nSPS) is 24.7. The third kappa shape index (κ3) is 3.66. The van der Waals surface area contributed by atoms with Crippen LogP contribution in [0.1, 0.15) is 29.9 Å². The minimum absolute atomic E-state index is 0.0333. The van der Waals surface area contributed by atoms with E-state index in [0.717, 1.165) is 52.3 Å². The van der Waals surface area contributed by atoms with E-state index in [0.29, 0.717) is 12.0 Å². The first-order valence-electron chi connectivity index (χ1n) is 11.2. The van der Waals surface area contributed by atoms with Gasteiger partial charge in [-0.2, -0.15) is 0 Å².